The SMILES string of the molecule is FC(F)(F)C1CCCC(NC2CCCOCC2)C1. The van der Waals surface area contributed by atoms with Crippen LogP contribution in [-0.2, 0) is 4.74 Å². The van der Waals surface area contributed by atoms with Gasteiger partial charge in [0.25, 0.3) is 0 Å². The van der Waals surface area contributed by atoms with Gasteiger partial charge < -0.3 is 10.1 Å². The van der Waals surface area contributed by atoms with E-state index in [1.165, 1.54) is 0 Å². The molecule has 2 aliphatic rings. The summed E-state index contributed by atoms with van der Waals surface area (Å²) < 4.78 is 43.5. The average Bonchev–Trinajstić information content (AvgIpc) is 2.57. The minimum atomic E-state index is -4.02. The highest BCUT2D eigenvalue weighted by molar-refractivity contribution is 4.84. The normalized spacial score (nSPS) is 35.2. The van der Waals surface area contributed by atoms with E-state index in [1.54, 1.807) is 0 Å². The van der Waals surface area contributed by atoms with Crippen LogP contribution in [0.15, 0.2) is 0 Å². The highest BCUT2D eigenvalue weighted by Gasteiger charge is 2.42. The summed E-state index contributed by atoms with van der Waals surface area (Å²) in [7, 11) is 0. The fourth-order valence-corrected chi connectivity index (χ4v) is 3.04. The number of halogens is 3. The summed E-state index contributed by atoms with van der Waals surface area (Å²) >= 11 is 0. The smallest absolute Gasteiger partial charge is 0.381 e. The molecule has 0 amide bonds. The third kappa shape index (κ3) is 4.12. The summed E-state index contributed by atoms with van der Waals surface area (Å²) in [5.74, 6) is -1.11. The second-order valence-electron chi connectivity index (χ2n) is 5.51. The van der Waals surface area contributed by atoms with Crippen molar-refractivity contribution in [2.75, 3.05) is 13.2 Å². The molecule has 3 unspecified atom stereocenters. The lowest BCUT2D eigenvalue weighted by molar-refractivity contribution is -0.183. The average molecular weight is 265 g/mol. The molecule has 5 heteroatoms. The van der Waals surface area contributed by atoms with Gasteiger partial charge in [-0.15, -0.1) is 0 Å². The maximum Gasteiger partial charge on any atom is 0.391 e. The van der Waals surface area contributed by atoms with E-state index in [0.717, 1.165) is 38.9 Å². The number of alkyl halides is 3. The first-order valence-electron chi connectivity index (χ1n) is 6.96. The zero-order chi connectivity index (χ0) is 13.0. The van der Waals surface area contributed by atoms with Crippen molar-refractivity contribution in [3.8, 4) is 0 Å². The molecule has 1 saturated carbocycles. The predicted octanol–water partition coefficient (Wildman–Crippen LogP) is 3.27. The third-order valence-electron chi connectivity index (χ3n) is 4.06. The van der Waals surface area contributed by atoms with Crippen LogP contribution in [0.3, 0.4) is 0 Å². The molecule has 0 aromatic heterocycles. The maximum absolute atomic E-state index is 12.7. The van der Waals surface area contributed by atoms with Crippen molar-refractivity contribution in [1.82, 2.24) is 5.32 Å². The van der Waals surface area contributed by atoms with Crippen LogP contribution in [0.4, 0.5) is 13.2 Å². The number of rotatable bonds is 2. The summed E-state index contributed by atoms with van der Waals surface area (Å²) in [6.07, 6.45) is 1.05. The molecule has 1 aliphatic heterocycles. The van der Waals surface area contributed by atoms with Crippen LogP contribution in [0.1, 0.15) is 44.9 Å². The molecule has 106 valence electrons. The van der Waals surface area contributed by atoms with E-state index in [4.69, 9.17) is 4.74 Å². The van der Waals surface area contributed by atoms with Crippen molar-refractivity contribution in [1.29, 1.82) is 0 Å². The first-order valence-corrected chi connectivity index (χ1v) is 6.96. The largest absolute Gasteiger partial charge is 0.391 e. The van der Waals surface area contributed by atoms with Crippen molar-refractivity contribution < 1.29 is 17.9 Å². The molecule has 2 nitrogen and oxygen atoms in total. The lowest BCUT2D eigenvalue weighted by Gasteiger charge is -2.33. The van der Waals surface area contributed by atoms with Crippen molar-refractivity contribution in [2.24, 2.45) is 5.92 Å². The summed E-state index contributed by atoms with van der Waals surface area (Å²) in [6.45, 7) is 1.51. The van der Waals surface area contributed by atoms with Crippen molar-refractivity contribution in [2.45, 2.75) is 63.2 Å². The summed E-state index contributed by atoms with van der Waals surface area (Å²) in [5, 5.41) is 3.42. The fraction of sp³-hybridized carbons (Fsp3) is 1.00. The van der Waals surface area contributed by atoms with Crippen LogP contribution in [0.25, 0.3) is 0 Å². The molecule has 0 spiro atoms. The van der Waals surface area contributed by atoms with Crippen LogP contribution in [0.2, 0.25) is 0 Å². The van der Waals surface area contributed by atoms with E-state index in [9.17, 15) is 13.2 Å². The van der Waals surface area contributed by atoms with Gasteiger partial charge >= 0.3 is 6.18 Å². The summed E-state index contributed by atoms with van der Waals surface area (Å²) in [5.41, 5.74) is 0. The van der Waals surface area contributed by atoms with Gasteiger partial charge in [0.15, 0.2) is 0 Å². The van der Waals surface area contributed by atoms with E-state index in [1.807, 2.05) is 0 Å². The molecule has 1 N–H and O–H groups in total. The Labute approximate surface area is 106 Å². The first kappa shape index (κ1) is 14.1. The van der Waals surface area contributed by atoms with E-state index in [0.29, 0.717) is 18.9 Å². The number of hydrogen-bond acceptors (Lipinski definition) is 2. The zero-order valence-corrected chi connectivity index (χ0v) is 10.6. The minimum Gasteiger partial charge on any atom is -0.381 e. The van der Waals surface area contributed by atoms with Gasteiger partial charge in [0, 0.05) is 25.3 Å². The minimum absolute atomic E-state index is 0.0356. The second kappa shape index (κ2) is 6.24. The van der Waals surface area contributed by atoms with Crippen molar-refractivity contribution in [3.05, 3.63) is 0 Å². The molecule has 18 heavy (non-hydrogen) atoms. The first-order chi connectivity index (χ1) is 8.55. The van der Waals surface area contributed by atoms with Crippen LogP contribution in [0.5, 0.6) is 0 Å². The van der Waals surface area contributed by atoms with Crippen LogP contribution in [-0.4, -0.2) is 31.5 Å². The fourth-order valence-electron chi connectivity index (χ4n) is 3.04. The molecule has 0 radical (unpaired) electrons. The molecular formula is C13H22F3NO. The number of hydrogen-bond donors (Lipinski definition) is 1. The Kier molecular flexibility index (Phi) is 4.90. The van der Waals surface area contributed by atoms with Gasteiger partial charge in [-0.2, -0.15) is 13.2 Å². The highest BCUT2D eigenvalue weighted by atomic mass is 19.4. The summed E-state index contributed by atoms with van der Waals surface area (Å²) in [4.78, 5) is 0. The molecule has 2 rings (SSSR count). The molecule has 1 heterocycles. The lowest BCUT2D eigenvalue weighted by atomic mass is 9.84. The molecule has 0 bridgehead atoms. The molecule has 2 fully saturated rings. The Morgan fingerprint density at radius 3 is 2.44 bits per heavy atom. The number of nitrogens with one attached hydrogen (secondary N) is 1. The van der Waals surface area contributed by atoms with Gasteiger partial charge in [-0.05, 0) is 38.5 Å². The molecular weight excluding hydrogens is 243 g/mol. The molecule has 1 saturated heterocycles. The summed E-state index contributed by atoms with van der Waals surface area (Å²) in [6, 6.07) is 0.373. The Morgan fingerprint density at radius 1 is 0.889 bits per heavy atom. The highest BCUT2D eigenvalue weighted by Crippen LogP contribution is 2.37. The zero-order valence-electron chi connectivity index (χ0n) is 10.6. The molecule has 0 aromatic carbocycles. The van der Waals surface area contributed by atoms with Gasteiger partial charge in [-0.25, -0.2) is 0 Å². The van der Waals surface area contributed by atoms with E-state index >= 15 is 0 Å². The Balaban J connectivity index is 1.81. The monoisotopic (exact) mass is 265 g/mol. The molecule has 3 atom stereocenters. The van der Waals surface area contributed by atoms with Crippen molar-refractivity contribution in [3.63, 3.8) is 0 Å². The maximum atomic E-state index is 12.7. The van der Waals surface area contributed by atoms with Crippen LogP contribution >= 0.6 is 0 Å². The Hall–Kier alpha value is -0.290. The van der Waals surface area contributed by atoms with Crippen LogP contribution < -0.4 is 5.32 Å². The standard InChI is InChI=1S/C13H22F3NO/c14-13(15,16)10-3-1-4-12(9-10)17-11-5-2-7-18-8-6-11/h10-12,17H,1-9H2. The quantitative estimate of drug-likeness (QED) is 0.827. The Morgan fingerprint density at radius 2 is 1.67 bits per heavy atom. The van der Waals surface area contributed by atoms with Crippen LogP contribution in [0, 0.1) is 5.92 Å². The van der Waals surface area contributed by atoms with Gasteiger partial charge in [0.05, 0.1) is 5.92 Å². The van der Waals surface area contributed by atoms with E-state index in [2.05, 4.69) is 5.32 Å². The van der Waals surface area contributed by atoms with E-state index in [-0.39, 0.29) is 12.5 Å². The Bertz CT molecular complexity index is 249. The predicted molar refractivity (Wildman–Crippen MR) is 63.4 cm³/mol. The number of ether oxygens (including phenoxy) is 1. The van der Waals surface area contributed by atoms with E-state index < -0.39 is 12.1 Å². The second-order valence-corrected chi connectivity index (χ2v) is 5.51. The molecule has 1 aliphatic carbocycles. The third-order valence-corrected chi connectivity index (χ3v) is 4.06. The molecule has 0 aromatic rings. The van der Waals surface area contributed by atoms with Crippen molar-refractivity contribution >= 4 is 0 Å². The van der Waals surface area contributed by atoms with Gasteiger partial charge in [0.1, 0.15) is 0 Å². The van der Waals surface area contributed by atoms with Gasteiger partial charge in [-0.1, -0.05) is 6.42 Å². The topological polar surface area (TPSA) is 21.3 Å². The lowest BCUT2D eigenvalue weighted by Crippen LogP contribution is -2.43. The van der Waals surface area contributed by atoms with Gasteiger partial charge in [0.2, 0.25) is 0 Å². The van der Waals surface area contributed by atoms with Gasteiger partial charge in [-0.3, -0.25) is 0 Å².